The molecule has 8 nitrogen and oxygen atoms in total. The molecular formula is C19H20N6O2. The third-order valence-corrected chi connectivity index (χ3v) is 4.96. The van der Waals surface area contributed by atoms with Gasteiger partial charge in [-0.3, -0.25) is 14.5 Å². The van der Waals surface area contributed by atoms with Gasteiger partial charge in [-0.05, 0) is 17.5 Å². The molecule has 138 valence electrons. The zero-order chi connectivity index (χ0) is 19.0. The number of nitrogens with two attached hydrogens (primary N) is 1. The summed E-state index contributed by atoms with van der Waals surface area (Å²) in [6, 6.07) is 7.93. The van der Waals surface area contributed by atoms with Gasteiger partial charge in [-0.25, -0.2) is 9.50 Å². The second-order valence-corrected chi connectivity index (χ2v) is 6.66. The maximum atomic E-state index is 12.4. The third-order valence-electron chi connectivity index (χ3n) is 4.96. The van der Waals surface area contributed by atoms with Crippen molar-refractivity contribution in [3.63, 3.8) is 0 Å². The predicted octanol–water partition coefficient (Wildman–Crippen LogP) is 0.501. The van der Waals surface area contributed by atoms with Gasteiger partial charge in [0, 0.05) is 38.1 Å². The van der Waals surface area contributed by atoms with Crippen LogP contribution in [0.4, 0.5) is 0 Å². The summed E-state index contributed by atoms with van der Waals surface area (Å²) in [5.74, 6) is -0.564. The summed E-state index contributed by atoms with van der Waals surface area (Å²) >= 11 is 0. The number of carbonyl (C=O) groups excluding carboxylic acids is 2. The Morgan fingerprint density at radius 3 is 2.78 bits per heavy atom. The highest BCUT2D eigenvalue weighted by Crippen LogP contribution is 2.25. The van der Waals surface area contributed by atoms with Crippen molar-refractivity contribution in [2.75, 3.05) is 7.05 Å². The average Bonchev–Trinajstić information content (AvgIpc) is 3.10. The second-order valence-electron chi connectivity index (χ2n) is 6.66. The van der Waals surface area contributed by atoms with Crippen LogP contribution in [0.25, 0.3) is 5.65 Å². The smallest absolute Gasteiger partial charge is 0.254 e. The van der Waals surface area contributed by atoms with Crippen LogP contribution in [0.15, 0.2) is 42.9 Å². The van der Waals surface area contributed by atoms with E-state index in [4.69, 9.17) is 5.73 Å². The first-order valence-electron chi connectivity index (χ1n) is 8.71. The highest BCUT2D eigenvalue weighted by atomic mass is 16.2. The molecule has 3 heterocycles. The average molecular weight is 364 g/mol. The van der Waals surface area contributed by atoms with Crippen LogP contribution >= 0.6 is 0 Å². The van der Waals surface area contributed by atoms with E-state index in [0.717, 1.165) is 5.56 Å². The minimum absolute atomic E-state index is 0.00589. The quantitative estimate of drug-likeness (QED) is 0.701. The van der Waals surface area contributed by atoms with Gasteiger partial charge >= 0.3 is 0 Å². The van der Waals surface area contributed by atoms with E-state index in [1.165, 1.54) is 17.3 Å². The van der Waals surface area contributed by atoms with Crippen LogP contribution in [0, 0.1) is 0 Å². The Labute approximate surface area is 156 Å². The summed E-state index contributed by atoms with van der Waals surface area (Å²) in [5.41, 5.74) is 9.38. The number of aromatic nitrogens is 3. The van der Waals surface area contributed by atoms with E-state index in [-0.39, 0.29) is 17.5 Å². The number of fused-ring (bicyclic) bond motifs is 2. The Kier molecular flexibility index (Phi) is 4.33. The van der Waals surface area contributed by atoms with Crippen molar-refractivity contribution in [3.05, 3.63) is 65.1 Å². The van der Waals surface area contributed by atoms with Crippen molar-refractivity contribution >= 4 is 17.5 Å². The summed E-state index contributed by atoms with van der Waals surface area (Å²) in [7, 11) is 1.66. The maximum absolute atomic E-state index is 12.4. The SMILES string of the molecule is CNC(=O)[C@@H]1Cc2ccccc2CN1Cc1cnc2c(C(N)=O)cnn2c1. The lowest BCUT2D eigenvalue weighted by Gasteiger charge is -2.35. The number of likely N-dealkylation sites (N-methyl/N-ethyl adjacent to an activating group) is 1. The first-order chi connectivity index (χ1) is 13.1. The van der Waals surface area contributed by atoms with Gasteiger partial charge in [0.05, 0.1) is 12.2 Å². The van der Waals surface area contributed by atoms with Gasteiger partial charge in [-0.15, -0.1) is 0 Å². The van der Waals surface area contributed by atoms with E-state index < -0.39 is 5.91 Å². The van der Waals surface area contributed by atoms with Crippen molar-refractivity contribution in [3.8, 4) is 0 Å². The van der Waals surface area contributed by atoms with Gasteiger partial charge in [-0.2, -0.15) is 5.10 Å². The molecule has 2 amide bonds. The molecule has 0 bridgehead atoms. The fourth-order valence-electron chi connectivity index (χ4n) is 3.57. The lowest BCUT2D eigenvalue weighted by atomic mass is 9.93. The fourth-order valence-corrected chi connectivity index (χ4v) is 3.57. The number of primary amides is 1. The van der Waals surface area contributed by atoms with Crippen molar-refractivity contribution in [1.29, 1.82) is 0 Å². The molecule has 1 aliphatic rings. The van der Waals surface area contributed by atoms with Crippen LogP contribution in [0.5, 0.6) is 0 Å². The number of nitrogens with zero attached hydrogens (tertiary/aromatic N) is 4. The standard InChI is InChI=1S/C19H20N6O2/c1-21-19(27)16-6-13-4-2-3-5-14(13)11-24(16)9-12-7-22-18-15(17(20)26)8-23-25(18)10-12/h2-5,7-8,10,16H,6,9,11H2,1H3,(H2,20,26)(H,21,27)/t16-/m0/s1. The Hall–Kier alpha value is -3.26. The Bertz CT molecular complexity index is 1030. The Balaban J connectivity index is 1.64. The molecule has 1 aliphatic heterocycles. The van der Waals surface area contributed by atoms with E-state index in [0.29, 0.717) is 25.2 Å². The van der Waals surface area contributed by atoms with E-state index in [9.17, 15) is 9.59 Å². The van der Waals surface area contributed by atoms with Crippen molar-refractivity contribution in [1.82, 2.24) is 24.8 Å². The molecule has 2 aromatic heterocycles. The molecule has 8 heteroatoms. The molecule has 3 N–H and O–H groups in total. The van der Waals surface area contributed by atoms with Gasteiger partial charge in [-0.1, -0.05) is 24.3 Å². The van der Waals surface area contributed by atoms with Crippen molar-refractivity contribution in [2.45, 2.75) is 25.6 Å². The molecule has 1 atom stereocenters. The predicted molar refractivity (Wildman–Crippen MR) is 98.8 cm³/mol. The lowest BCUT2D eigenvalue weighted by Crippen LogP contribution is -2.49. The number of rotatable bonds is 4. The summed E-state index contributed by atoms with van der Waals surface area (Å²) in [6.07, 6.45) is 5.60. The lowest BCUT2D eigenvalue weighted by molar-refractivity contribution is -0.126. The van der Waals surface area contributed by atoms with Crippen LogP contribution in [0.2, 0.25) is 0 Å². The molecule has 0 saturated carbocycles. The number of carbonyl (C=O) groups is 2. The molecule has 0 unspecified atom stereocenters. The van der Waals surface area contributed by atoms with E-state index in [2.05, 4.69) is 32.4 Å². The summed E-state index contributed by atoms with van der Waals surface area (Å²) in [6.45, 7) is 1.22. The molecule has 3 aromatic rings. The molecule has 0 radical (unpaired) electrons. The van der Waals surface area contributed by atoms with Crippen LogP contribution < -0.4 is 11.1 Å². The number of hydrogen-bond acceptors (Lipinski definition) is 5. The van der Waals surface area contributed by atoms with Crippen LogP contribution in [0.1, 0.15) is 27.0 Å². The van der Waals surface area contributed by atoms with E-state index >= 15 is 0 Å². The Morgan fingerprint density at radius 2 is 2.04 bits per heavy atom. The molecular weight excluding hydrogens is 344 g/mol. The van der Waals surface area contributed by atoms with Crippen LogP contribution in [0.3, 0.4) is 0 Å². The zero-order valence-corrected chi connectivity index (χ0v) is 14.9. The van der Waals surface area contributed by atoms with E-state index in [1.54, 1.807) is 17.8 Å². The number of amides is 2. The molecule has 1 aromatic carbocycles. The molecule has 0 saturated heterocycles. The molecule has 0 spiro atoms. The second kappa shape index (κ2) is 6.81. The molecule has 4 rings (SSSR count). The topological polar surface area (TPSA) is 106 Å². The van der Waals surface area contributed by atoms with Gasteiger partial charge in [0.2, 0.25) is 5.91 Å². The highest BCUT2D eigenvalue weighted by Gasteiger charge is 2.31. The summed E-state index contributed by atoms with van der Waals surface area (Å²) in [5, 5.41) is 6.92. The summed E-state index contributed by atoms with van der Waals surface area (Å²) in [4.78, 5) is 30.3. The van der Waals surface area contributed by atoms with E-state index in [1.807, 2.05) is 18.3 Å². The third kappa shape index (κ3) is 3.15. The minimum atomic E-state index is -0.558. The molecule has 0 aliphatic carbocycles. The number of nitrogens with one attached hydrogen (secondary N) is 1. The van der Waals surface area contributed by atoms with Gasteiger partial charge in [0.1, 0.15) is 5.56 Å². The molecule has 0 fully saturated rings. The fraction of sp³-hybridized carbons (Fsp3) is 0.263. The highest BCUT2D eigenvalue weighted by molar-refractivity contribution is 5.98. The first-order valence-corrected chi connectivity index (χ1v) is 8.71. The Morgan fingerprint density at radius 1 is 1.26 bits per heavy atom. The number of benzene rings is 1. The number of hydrogen-bond donors (Lipinski definition) is 2. The minimum Gasteiger partial charge on any atom is -0.365 e. The largest absolute Gasteiger partial charge is 0.365 e. The van der Waals surface area contributed by atoms with Crippen LogP contribution in [-0.4, -0.2) is 44.4 Å². The van der Waals surface area contributed by atoms with Gasteiger partial charge in [0.15, 0.2) is 5.65 Å². The monoisotopic (exact) mass is 364 g/mol. The normalized spacial score (nSPS) is 16.9. The zero-order valence-electron chi connectivity index (χ0n) is 14.9. The first kappa shape index (κ1) is 17.2. The van der Waals surface area contributed by atoms with Crippen molar-refractivity contribution in [2.24, 2.45) is 5.73 Å². The van der Waals surface area contributed by atoms with Gasteiger partial charge in [0.25, 0.3) is 5.91 Å². The summed E-state index contributed by atoms with van der Waals surface area (Å²) < 4.78 is 1.54. The van der Waals surface area contributed by atoms with Crippen molar-refractivity contribution < 1.29 is 9.59 Å². The van der Waals surface area contributed by atoms with Crippen LogP contribution in [-0.2, 0) is 24.3 Å². The van der Waals surface area contributed by atoms with Gasteiger partial charge < -0.3 is 11.1 Å². The maximum Gasteiger partial charge on any atom is 0.254 e. The molecule has 27 heavy (non-hydrogen) atoms.